The van der Waals surface area contributed by atoms with E-state index in [-0.39, 0.29) is 11.9 Å². The molecule has 1 N–H and O–H groups in total. The lowest BCUT2D eigenvalue weighted by atomic mass is 9.85. The van der Waals surface area contributed by atoms with Gasteiger partial charge in [0.05, 0.1) is 6.61 Å². The summed E-state index contributed by atoms with van der Waals surface area (Å²) < 4.78 is 5.25. The molecule has 3 aromatic carbocycles. The molecule has 0 saturated heterocycles. The van der Waals surface area contributed by atoms with Crippen molar-refractivity contribution in [2.45, 2.75) is 19.1 Å². The summed E-state index contributed by atoms with van der Waals surface area (Å²) in [4.78, 5) is 15.0. The monoisotopic (exact) mass is 372 g/mol. The molecule has 1 atom stereocenters. The molecule has 4 rings (SSSR count). The summed E-state index contributed by atoms with van der Waals surface area (Å²) >= 11 is 0. The van der Waals surface area contributed by atoms with Gasteiger partial charge in [-0.1, -0.05) is 72.8 Å². The number of para-hydroxylation sites is 1. The molecule has 0 saturated carbocycles. The number of ether oxygens (including phenoxy) is 1. The summed E-state index contributed by atoms with van der Waals surface area (Å²) in [7, 11) is 1.66. The Kier molecular flexibility index (Phi) is 5.40. The van der Waals surface area contributed by atoms with Crippen molar-refractivity contribution in [3.8, 4) is 0 Å². The van der Waals surface area contributed by atoms with Crippen molar-refractivity contribution in [2.75, 3.05) is 19.0 Å². The second-order valence-corrected chi connectivity index (χ2v) is 7.06. The fourth-order valence-corrected chi connectivity index (χ4v) is 3.85. The number of hydrogen-bond donors (Lipinski definition) is 1. The third-order valence-corrected chi connectivity index (χ3v) is 5.24. The molecule has 0 bridgehead atoms. The van der Waals surface area contributed by atoms with Gasteiger partial charge in [-0.2, -0.15) is 0 Å². The van der Waals surface area contributed by atoms with E-state index in [1.165, 1.54) is 16.7 Å². The molecule has 2 amide bonds. The van der Waals surface area contributed by atoms with Gasteiger partial charge in [0.15, 0.2) is 0 Å². The summed E-state index contributed by atoms with van der Waals surface area (Å²) in [5.41, 5.74) is 5.49. The van der Waals surface area contributed by atoms with E-state index in [0.29, 0.717) is 19.7 Å². The fraction of sp³-hybridized carbons (Fsp3) is 0.208. The minimum Gasteiger partial charge on any atom is -0.380 e. The molecule has 0 radical (unpaired) electrons. The van der Waals surface area contributed by atoms with E-state index in [9.17, 15) is 4.79 Å². The number of carbonyl (C=O) groups is 1. The Morgan fingerprint density at radius 3 is 2.54 bits per heavy atom. The number of amides is 2. The first-order valence-electron chi connectivity index (χ1n) is 9.52. The van der Waals surface area contributed by atoms with Crippen LogP contribution in [0, 0.1) is 0 Å². The zero-order valence-corrected chi connectivity index (χ0v) is 16.0. The molecule has 1 heterocycles. The first-order valence-corrected chi connectivity index (χ1v) is 9.52. The fourth-order valence-electron chi connectivity index (χ4n) is 3.85. The van der Waals surface area contributed by atoms with Crippen LogP contribution in [0.2, 0.25) is 0 Å². The van der Waals surface area contributed by atoms with Gasteiger partial charge in [-0.15, -0.1) is 0 Å². The van der Waals surface area contributed by atoms with Gasteiger partial charge in [0, 0.05) is 37.4 Å². The number of nitrogens with one attached hydrogen (secondary N) is 1. The number of rotatable bonds is 4. The highest BCUT2D eigenvalue weighted by molar-refractivity contribution is 5.90. The summed E-state index contributed by atoms with van der Waals surface area (Å²) in [6, 6.07) is 26.5. The van der Waals surface area contributed by atoms with E-state index in [0.717, 1.165) is 11.3 Å². The highest BCUT2D eigenvalue weighted by Gasteiger charge is 2.29. The molecule has 4 nitrogen and oxygen atoms in total. The van der Waals surface area contributed by atoms with E-state index in [4.69, 9.17) is 4.74 Å². The first kappa shape index (κ1) is 18.3. The van der Waals surface area contributed by atoms with Crippen LogP contribution in [0.15, 0.2) is 78.9 Å². The zero-order valence-electron chi connectivity index (χ0n) is 16.0. The molecular formula is C24H24N2O2. The number of carbonyl (C=O) groups excluding carboxylic acids is 1. The van der Waals surface area contributed by atoms with Gasteiger partial charge in [0.25, 0.3) is 0 Å². The number of methoxy groups -OCH3 is 1. The molecular weight excluding hydrogens is 348 g/mol. The highest BCUT2D eigenvalue weighted by Crippen LogP contribution is 2.33. The Balaban J connectivity index is 1.60. The third kappa shape index (κ3) is 3.78. The first-order chi connectivity index (χ1) is 13.8. The van der Waals surface area contributed by atoms with Crippen molar-refractivity contribution in [1.29, 1.82) is 0 Å². The maximum atomic E-state index is 13.1. The van der Waals surface area contributed by atoms with E-state index in [2.05, 4.69) is 47.8 Å². The molecule has 142 valence electrons. The van der Waals surface area contributed by atoms with Gasteiger partial charge in [0.2, 0.25) is 0 Å². The average Bonchev–Trinajstić information content (AvgIpc) is 2.75. The van der Waals surface area contributed by atoms with Crippen LogP contribution in [0.3, 0.4) is 0 Å². The molecule has 3 aromatic rings. The van der Waals surface area contributed by atoms with Crippen molar-refractivity contribution in [3.05, 3.63) is 101 Å². The molecule has 0 aliphatic carbocycles. The normalized spacial score (nSPS) is 15.8. The van der Waals surface area contributed by atoms with Crippen molar-refractivity contribution in [1.82, 2.24) is 4.90 Å². The summed E-state index contributed by atoms with van der Waals surface area (Å²) in [5.74, 6) is 0.172. The van der Waals surface area contributed by atoms with E-state index in [1.54, 1.807) is 7.11 Å². The Morgan fingerprint density at radius 2 is 1.71 bits per heavy atom. The van der Waals surface area contributed by atoms with Crippen LogP contribution in [-0.2, 0) is 17.9 Å². The summed E-state index contributed by atoms with van der Waals surface area (Å²) in [5, 5.41) is 3.07. The predicted molar refractivity (Wildman–Crippen MR) is 111 cm³/mol. The molecule has 0 aromatic heterocycles. The standard InChI is InChI=1S/C24H24N2O2/c1-28-17-20-12-6-8-14-23(20)25-24(27)26-15-19-11-5-7-13-21(19)22(16-26)18-9-3-2-4-10-18/h2-14,22H,15-17H2,1H3,(H,25,27)/t22-/m1/s1. The van der Waals surface area contributed by atoms with Crippen molar-refractivity contribution >= 4 is 11.7 Å². The number of urea groups is 1. The minimum atomic E-state index is -0.0843. The molecule has 4 heteroatoms. The number of nitrogens with zero attached hydrogens (tertiary/aromatic N) is 1. The van der Waals surface area contributed by atoms with Crippen LogP contribution in [0.1, 0.15) is 28.2 Å². The predicted octanol–water partition coefficient (Wildman–Crippen LogP) is 5.01. The lowest BCUT2D eigenvalue weighted by Crippen LogP contribution is -2.41. The lowest BCUT2D eigenvalue weighted by Gasteiger charge is -2.35. The van der Waals surface area contributed by atoms with Gasteiger partial charge >= 0.3 is 6.03 Å². The van der Waals surface area contributed by atoms with Crippen molar-refractivity contribution in [3.63, 3.8) is 0 Å². The Morgan fingerprint density at radius 1 is 1.00 bits per heavy atom. The topological polar surface area (TPSA) is 41.6 Å². The Bertz CT molecular complexity index is 956. The van der Waals surface area contributed by atoms with Crippen molar-refractivity contribution in [2.24, 2.45) is 0 Å². The van der Waals surface area contributed by atoms with Crippen LogP contribution < -0.4 is 5.32 Å². The zero-order chi connectivity index (χ0) is 19.3. The van der Waals surface area contributed by atoms with Gasteiger partial charge in [-0.3, -0.25) is 0 Å². The molecule has 28 heavy (non-hydrogen) atoms. The maximum absolute atomic E-state index is 13.1. The molecule has 0 fully saturated rings. The molecule has 0 spiro atoms. The number of benzene rings is 3. The average molecular weight is 372 g/mol. The van der Waals surface area contributed by atoms with Gasteiger partial charge < -0.3 is 15.0 Å². The van der Waals surface area contributed by atoms with E-state index in [1.807, 2.05) is 41.3 Å². The third-order valence-electron chi connectivity index (χ3n) is 5.24. The van der Waals surface area contributed by atoms with Gasteiger partial charge in [-0.05, 0) is 22.8 Å². The molecule has 0 unspecified atom stereocenters. The number of hydrogen-bond acceptors (Lipinski definition) is 2. The SMILES string of the molecule is COCc1ccccc1NC(=O)N1Cc2ccccc2[C@@H](c2ccccc2)C1. The number of anilines is 1. The molecule has 1 aliphatic heterocycles. The smallest absolute Gasteiger partial charge is 0.322 e. The van der Waals surface area contributed by atoms with Crippen molar-refractivity contribution < 1.29 is 9.53 Å². The van der Waals surface area contributed by atoms with Crippen LogP contribution in [0.5, 0.6) is 0 Å². The number of fused-ring (bicyclic) bond motifs is 1. The second kappa shape index (κ2) is 8.28. The summed E-state index contributed by atoms with van der Waals surface area (Å²) in [6.45, 7) is 1.73. The van der Waals surface area contributed by atoms with Gasteiger partial charge in [-0.25, -0.2) is 4.79 Å². The minimum absolute atomic E-state index is 0.0843. The lowest BCUT2D eigenvalue weighted by molar-refractivity contribution is 0.185. The van der Waals surface area contributed by atoms with E-state index < -0.39 is 0 Å². The Hall–Kier alpha value is -3.11. The van der Waals surface area contributed by atoms with Crippen LogP contribution in [0.4, 0.5) is 10.5 Å². The van der Waals surface area contributed by atoms with E-state index >= 15 is 0 Å². The molecule has 1 aliphatic rings. The van der Waals surface area contributed by atoms with Crippen LogP contribution in [-0.4, -0.2) is 24.6 Å². The summed E-state index contributed by atoms with van der Waals surface area (Å²) in [6.07, 6.45) is 0. The largest absolute Gasteiger partial charge is 0.380 e. The Labute approximate surface area is 165 Å². The van der Waals surface area contributed by atoms with Crippen LogP contribution >= 0.6 is 0 Å². The highest BCUT2D eigenvalue weighted by atomic mass is 16.5. The van der Waals surface area contributed by atoms with Gasteiger partial charge in [0.1, 0.15) is 0 Å². The van der Waals surface area contributed by atoms with Crippen LogP contribution in [0.25, 0.3) is 0 Å². The maximum Gasteiger partial charge on any atom is 0.322 e. The second-order valence-electron chi connectivity index (χ2n) is 7.06. The quantitative estimate of drug-likeness (QED) is 0.699.